The van der Waals surface area contributed by atoms with Gasteiger partial charge in [0.15, 0.2) is 0 Å². The molecule has 0 radical (unpaired) electrons. The molecule has 2 aliphatic heterocycles. The zero-order valence-corrected chi connectivity index (χ0v) is 12.6. The lowest BCUT2D eigenvalue weighted by Gasteiger charge is -2.40. The molecule has 7 nitrogen and oxygen atoms in total. The summed E-state index contributed by atoms with van der Waals surface area (Å²) in [6.07, 6.45) is 4.71. The molecule has 116 valence electrons. The fourth-order valence-electron chi connectivity index (χ4n) is 3.40. The summed E-state index contributed by atoms with van der Waals surface area (Å²) >= 11 is 0. The average molecular weight is 301 g/mol. The van der Waals surface area contributed by atoms with Gasteiger partial charge in [-0.05, 0) is 12.5 Å². The number of pyridine rings is 1. The van der Waals surface area contributed by atoms with Gasteiger partial charge in [0.05, 0.1) is 30.6 Å². The number of aryl methyl sites for hydroxylation is 1. The van der Waals surface area contributed by atoms with Gasteiger partial charge in [-0.15, -0.1) is 5.10 Å². The Morgan fingerprint density at radius 1 is 1.45 bits per heavy atom. The van der Waals surface area contributed by atoms with E-state index >= 15 is 0 Å². The van der Waals surface area contributed by atoms with Crippen molar-refractivity contribution < 1.29 is 4.74 Å². The largest absolute Gasteiger partial charge is 0.370 e. The van der Waals surface area contributed by atoms with Crippen LogP contribution in [0.5, 0.6) is 0 Å². The van der Waals surface area contributed by atoms with Gasteiger partial charge < -0.3 is 9.30 Å². The normalized spacial score (nSPS) is 24.8. The average Bonchev–Trinajstić information content (AvgIpc) is 3.01. The molecule has 0 bridgehead atoms. The number of hydrogen-bond donors (Lipinski definition) is 0. The Kier molecular flexibility index (Phi) is 3.31. The highest BCUT2D eigenvalue weighted by atomic mass is 16.5. The summed E-state index contributed by atoms with van der Waals surface area (Å²) in [7, 11) is 1.79. The third-order valence-corrected chi connectivity index (χ3v) is 4.61. The Labute approximate surface area is 128 Å². The van der Waals surface area contributed by atoms with Crippen LogP contribution in [-0.4, -0.2) is 43.7 Å². The van der Waals surface area contributed by atoms with E-state index in [0.717, 1.165) is 30.8 Å². The van der Waals surface area contributed by atoms with E-state index in [-0.39, 0.29) is 17.7 Å². The number of aromatic nitrogens is 4. The highest BCUT2D eigenvalue weighted by Crippen LogP contribution is 2.30. The summed E-state index contributed by atoms with van der Waals surface area (Å²) in [5.74, 6) is 0. The zero-order chi connectivity index (χ0) is 15.1. The van der Waals surface area contributed by atoms with Crippen molar-refractivity contribution in [3.05, 3.63) is 46.1 Å². The Bertz CT molecular complexity index is 738. The van der Waals surface area contributed by atoms with Crippen LogP contribution in [-0.2, 0) is 24.9 Å². The minimum atomic E-state index is 0.0750. The van der Waals surface area contributed by atoms with E-state index in [1.165, 1.54) is 0 Å². The smallest absolute Gasteiger partial charge is 0.254 e. The number of nitrogens with zero attached hydrogens (tertiary/aromatic N) is 5. The number of ether oxygens (including phenoxy) is 1. The highest BCUT2D eigenvalue weighted by Gasteiger charge is 2.36. The van der Waals surface area contributed by atoms with Gasteiger partial charge in [0.1, 0.15) is 0 Å². The van der Waals surface area contributed by atoms with Gasteiger partial charge in [-0.1, -0.05) is 11.3 Å². The fraction of sp³-hybridized carbons (Fsp3) is 0.533. The van der Waals surface area contributed by atoms with E-state index in [1.807, 2.05) is 16.8 Å². The first-order chi connectivity index (χ1) is 10.7. The van der Waals surface area contributed by atoms with Gasteiger partial charge in [-0.3, -0.25) is 9.69 Å². The highest BCUT2D eigenvalue weighted by molar-refractivity contribution is 5.11. The lowest BCUT2D eigenvalue weighted by atomic mass is 10.00. The van der Waals surface area contributed by atoms with Crippen LogP contribution in [0.15, 0.2) is 29.3 Å². The van der Waals surface area contributed by atoms with Crippen LogP contribution < -0.4 is 5.56 Å². The number of piperidine rings is 1. The van der Waals surface area contributed by atoms with Crippen LogP contribution in [0.25, 0.3) is 0 Å². The molecular weight excluding hydrogens is 282 g/mol. The molecule has 0 aliphatic carbocycles. The molecule has 2 aliphatic rings. The number of fused-ring (bicyclic) bond motifs is 3. The lowest BCUT2D eigenvalue weighted by molar-refractivity contribution is -0.0670. The minimum Gasteiger partial charge on any atom is -0.370 e. The molecule has 2 aromatic heterocycles. The van der Waals surface area contributed by atoms with E-state index in [0.29, 0.717) is 13.2 Å². The third kappa shape index (κ3) is 2.26. The van der Waals surface area contributed by atoms with E-state index in [4.69, 9.17) is 4.74 Å². The first-order valence-electron chi connectivity index (χ1n) is 7.60. The van der Waals surface area contributed by atoms with Crippen LogP contribution in [0.2, 0.25) is 0 Å². The van der Waals surface area contributed by atoms with Gasteiger partial charge >= 0.3 is 0 Å². The van der Waals surface area contributed by atoms with Crippen molar-refractivity contribution in [3.63, 3.8) is 0 Å². The summed E-state index contributed by atoms with van der Waals surface area (Å²) in [5.41, 5.74) is 1.93. The number of rotatable bonds is 2. The van der Waals surface area contributed by atoms with Crippen molar-refractivity contribution in [2.24, 2.45) is 7.05 Å². The summed E-state index contributed by atoms with van der Waals surface area (Å²) in [6, 6.07) is 4.02. The molecule has 2 aromatic rings. The molecule has 7 heteroatoms. The monoisotopic (exact) mass is 301 g/mol. The van der Waals surface area contributed by atoms with Gasteiger partial charge in [0, 0.05) is 38.4 Å². The Morgan fingerprint density at radius 3 is 3.27 bits per heavy atom. The van der Waals surface area contributed by atoms with E-state index < -0.39 is 0 Å². The Balaban J connectivity index is 1.54. The molecule has 0 aromatic carbocycles. The van der Waals surface area contributed by atoms with Crippen LogP contribution in [0.3, 0.4) is 0 Å². The summed E-state index contributed by atoms with van der Waals surface area (Å²) in [4.78, 5) is 14.5. The van der Waals surface area contributed by atoms with Crippen LogP contribution >= 0.6 is 0 Å². The molecular formula is C15H19N5O2. The summed E-state index contributed by atoms with van der Waals surface area (Å²) < 4.78 is 9.53. The van der Waals surface area contributed by atoms with Gasteiger partial charge in [0.25, 0.3) is 5.56 Å². The summed E-state index contributed by atoms with van der Waals surface area (Å²) in [5, 5.41) is 8.20. The van der Waals surface area contributed by atoms with Crippen molar-refractivity contribution in [3.8, 4) is 0 Å². The van der Waals surface area contributed by atoms with Crippen LogP contribution in [0.1, 0.15) is 23.7 Å². The molecule has 0 spiro atoms. The van der Waals surface area contributed by atoms with Crippen LogP contribution in [0.4, 0.5) is 0 Å². The van der Waals surface area contributed by atoms with Crippen molar-refractivity contribution in [2.75, 3.05) is 13.1 Å². The van der Waals surface area contributed by atoms with E-state index in [9.17, 15) is 4.79 Å². The number of likely N-dealkylation sites (tertiary alicyclic amines) is 1. The SMILES string of the molecule is Cn1cccc(CN2CC[C@H]3OCc4cnnn4[C@@H]3C2)c1=O. The maximum atomic E-state index is 12.2. The van der Waals surface area contributed by atoms with E-state index in [1.54, 1.807) is 24.0 Å². The molecule has 2 atom stereocenters. The molecule has 4 rings (SSSR count). The molecule has 0 saturated carbocycles. The first-order valence-corrected chi connectivity index (χ1v) is 7.60. The predicted octanol–water partition coefficient (Wildman–Crippen LogP) is 0.323. The quantitative estimate of drug-likeness (QED) is 0.799. The van der Waals surface area contributed by atoms with Crippen LogP contribution in [0, 0.1) is 0 Å². The van der Waals surface area contributed by atoms with Gasteiger partial charge in [-0.2, -0.15) is 0 Å². The Morgan fingerprint density at radius 2 is 2.36 bits per heavy atom. The van der Waals surface area contributed by atoms with E-state index in [2.05, 4.69) is 15.2 Å². The molecule has 1 fully saturated rings. The van der Waals surface area contributed by atoms with Gasteiger partial charge in [-0.25, -0.2) is 4.68 Å². The molecule has 0 unspecified atom stereocenters. The molecule has 0 N–H and O–H groups in total. The summed E-state index contributed by atoms with van der Waals surface area (Å²) in [6.45, 7) is 3.02. The zero-order valence-electron chi connectivity index (χ0n) is 12.6. The molecule has 0 amide bonds. The Hall–Kier alpha value is -1.99. The predicted molar refractivity (Wildman–Crippen MR) is 79.2 cm³/mol. The second-order valence-corrected chi connectivity index (χ2v) is 6.06. The molecule has 22 heavy (non-hydrogen) atoms. The topological polar surface area (TPSA) is 65.2 Å². The van der Waals surface area contributed by atoms with Crippen molar-refractivity contribution in [1.82, 2.24) is 24.5 Å². The van der Waals surface area contributed by atoms with Gasteiger partial charge in [0.2, 0.25) is 0 Å². The standard InChI is InChI=1S/C15H19N5O2/c1-18-5-2-3-11(15(18)21)8-19-6-4-14-13(9-19)20-12(10-22-14)7-16-17-20/h2-3,5,7,13-14H,4,6,8-10H2,1H3/t13-,14-/m1/s1. The molecule has 4 heterocycles. The minimum absolute atomic E-state index is 0.0750. The fourth-order valence-corrected chi connectivity index (χ4v) is 3.40. The lowest BCUT2D eigenvalue weighted by Crippen LogP contribution is -2.48. The second-order valence-electron chi connectivity index (χ2n) is 6.06. The number of hydrogen-bond acceptors (Lipinski definition) is 5. The van der Waals surface area contributed by atoms with Crippen molar-refractivity contribution in [2.45, 2.75) is 31.7 Å². The maximum absolute atomic E-state index is 12.2. The third-order valence-electron chi connectivity index (χ3n) is 4.61. The van der Waals surface area contributed by atoms with Crippen molar-refractivity contribution in [1.29, 1.82) is 0 Å². The maximum Gasteiger partial charge on any atom is 0.254 e. The second kappa shape index (κ2) is 5.33. The first kappa shape index (κ1) is 13.7. The molecule has 1 saturated heterocycles. The van der Waals surface area contributed by atoms with Crippen molar-refractivity contribution >= 4 is 0 Å².